The van der Waals surface area contributed by atoms with Crippen LogP contribution in [0.2, 0.25) is 0 Å². The Morgan fingerprint density at radius 3 is 2.70 bits per heavy atom. The van der Waals surface area contributed by atoms with E-state index in [1.54, 1.807) is 12.3 Å². The van der Waals surface area contributed by atoms with Crippen LogP contribution in [-0.4, -0.2) is 17.4 Å². The summed E-state index contributed by atoms with van der Waals surface area (Å²) in [5.74, 6) is 1.35. The second-order valence-electron chi connectivity index (χ2n) is 4.61. The normalized spacial score (nSPS) is 11.9. The van der Waals surface area contributed by atoms with Crippen molar-refractivity contribution < 1.29 is 9.21 Å². The summed E-state index contributed by atoms with van der Waals surface area (Å²) in [6.45, 7) is 6.58. The van der Waals surface area contributed by atoms with E-state index < -0.39 is 0 Å². The lowest BCUT2D eigenvalue weighted by molar-refractivity contribution is 0.0930. The van der Waals surface area contributed by atoms with Crippen molar-refractivity contribution in [2.75, 3.05) is 11.9 Å². The molecule has 0 aliphatic carbocycles. The Balaban J connectivity index is 2.00. The van der Waals surface area contributed by atoms with Crippen LogP contribution in [0.15, 0.2) is 34.9 Å². The van der Waals surface area contributed by atoms with Gasteiger partial charge in [-0.1, -0.05) is 0 Å². The minimum Gasteiger partial charge on any atom is -0.464 e. The van der Waals surface area contributed by atoms with Crippen LogP contribution in [-0.2, 0) is 0 Å². The molecule has 2 heterocycles. The number of aryl methyl sites for hydroxylation is 1. The fourth-order valence-corrected chi connectivity index (χ4v) is 1.86. The highest BCUT2D eigenvalue weighted by Gasteiger charge is 2.14. The smallest absolute Gasteiger partial charge is 0.270 e. The molecule has 2 aromatic heterocycles. The van der Waals surface area contributed by atoms with Gasteiger partial charge in [0.2, 0.25) is 0 Å². The maximum Gasteiger partial charge on any atom is 0.270 e. The number of furan rings is 1. The molecule has 0 spiro atoms. The molecule has 0 saturated carbocycles. The standard InChI is InChI=1S/C15H19N3O2/c1-4-16-12-6-7-13(17-9-12)15(19)18-11(3)14-8-5-10(2)20-14/h5-9,11,16H,4H2,1-3H3,(H,18,19). The van der Waals surface area contributed by atoms with Gasteiger partial charge < -0.3 is 15.1 Å². The highest BCUT2D eigenvalue weighted by molar-refractivity contribution is 5.92. The predicted molar refractivity (Wildman–Crippen MR) is 77.7 cm³/mol. The van der Waals surface area contributed by atoms with Gasteiger partial charge in [0.1, 0.15) is 17.2 Å². The first-order chi connectivity index (χ1) is 9.60. The third-order valence-corrected chi connectivity index (χ3v) is 2.91. The van der Waals surface area contributed by atoms with Crippen LogP contribution in [0, 0.1) is 6.92 Å². The van der Waals surface area contributed by atoms with Crippen LogP contribution in [0.1, 0.15) is 41.9 Å². The number of aromatic nitrogens is 1. The number of nitrogens with zero attached hydrogens (tertiary/aromatic N) is 1. The second-order valence-corrected chi connectivity index (χ2v) is 4.61. The first-order valence-corrected chi connectivity index (χ1v) is 6.67. The van der Waals surface area contributed by atoms with Gasteiger partial charge in [-0.25, -0.2) is 4.98 Å². The van der Waals surface area contributed by atoms with Gasteiger partial charge in [-0.15, -0.1) is 0 Å². The Morgan fingerprint density at radius 2 is 2.15 bits per heavy atom. The summed E-state index contributed by atoms with van der Waals surface area (Å²) >= 11 is 0. The van der Waals surface area contributed by atoms with Crippen molar-refractivity contribution in [3.63, 3.8) is 0 Å². The minimum absolute atomic E-state index is 0.188. The third-order valence-electron chi connectivity index (χ3n) is 2.91. The number of nitrogens with one attached hydrogen (secondary N) is 2. The van der Waals surface area contributed by atoms with E-state index >= 15 is 0 Å². The summed E-state index contributed by atoms with van der Waals surface area (Å²) in [6, 6.07) is 7.09. The number of anilines is 1. The average molecular weight is 273 g/mol. The molecule has 5 heteroatoms. The van der Waals surface area contributed by atoms with E-state index in [1.807, 2.05) is 39.0 Å². The molecule has 0 radical (unpaired) electrons. The summed E-state index contributed by atoms with van der Waals surface area (Å²) < 4.78 is 5.49. The summed E-state index contributed by atoms with van der Waals surface area (Å²) in [7, 11) is 0. The molecule has 2 rings (SSSR count). The number of hydrogen-bond donors (Lipinski definition) is 2. The minimum atomic E-state index is -0.213. The van der Waals surface area contributed by atoms with Gasteiger partial charge in [-0.2, -0.15) is 0 Å². The quantitative estimate of drug-likeness (QED) is 0.879. The zero-order chi connectivity index (χ0) is 14.5. The molecule has 2 aromatic rings. The predicted octanol–water partition coefficient (Wildman–Crippen LogP) is 2.91. The number of carbonyl (C=O) groups excluding carboxylic acids is 1. The van der Waals surface area contributed by atoms with E-state index in [0.29, 0.717) is 5.69 Å². The Kier molecular flexibility index (Phi) is 4.40. The zero-order valence-electron chi connectivity index (χ0n) is 11.9. The fraction of sp³-hybridized carbons (Fsp3) is 0.333. The van der Waals surface area contributed by atoms with Crippen molar-refractivity contribution in [1.82, 2.24) is 10.3 Å². The van der Waals surface area contributed by atoms with Gasteiger partial charge >= 0.3 is 0 Å². The number of rotatable bonds is 5. The van der Waals surface area contributed by atoms with Crippen molar-refractivity contribution in [2.45, 2.75) is 26.8 Å². The largest absolute Gasteiger partial charge is 0.464 e. The van der Waals surface area contributed by atoms with Crippen molar-refractivity contribution in [1.29, 1.82) is 0 Å². The maximum absolute atomic E-state index is 12.1. The van der Waals surface area contributed by atoms with E-state index in [4.69, 9.17) is 4.42 Å². The number of amides is 1. The SMILES string of the molecule is CCNc1ccc(C(=O)NC(C)c2ccc(C)o2)nc1. The van der Waals surface area contributed by atoms with Gasteiger partial charge in [-0.05, 0) is 45.0 Å². The molecule has 1 unspecified atom stereocenters. The monoisotopic (exact) mass is 273 g/mol. The molecule has 1 amide bonds. The Labute approximate surface area is 118 Å². The van der Waals surface area contributed by atoms with Gasteiger partial charge in [0, 0.05) is 6.54 Å². The van der Waals surface area contributed by atoms with Crippen LogP contribution < -0.4 is 10.6 Å². The van der Waals surface area contributed by atoms with Crippen LogP contribution in [0.25, 0.3) is 0 Å². The lowest BCUT2D eigenvalue weighted by Gasteiger charge is -2.11. The summed E-state index contributed by atoms with van der Waals surface area (Å²) in [6.07, 6.45) is 1.65. The van der Waals surface area contributed by atoms with Crippen LogP contribution in [0.4, 0.5) is 5.69 Å². The molecule has 0 bridgehead atoms. The topological polar surface area (TPSA) is 67.2 Å². The molecule has 0 aromatic carbocycles. The lowest BCUT2D eigenvalue weighted by Crippen LogP contribution is -2.27. The van der Waals surface area contributed by atoms with E-state index in [0.717, 1.165) is 23.8 Å². The first kappa shape index (κ1) is 14.1. The molecule has 0 fully saturated rings. The van der Waals surface area contributed by atoms with E-state index in [9.17, 15) is 4.79 Å². The second kappa shape index (κ2) is 6.23. The van der Waals surface area contributed by atoms with E-state index in [1.165, 1.54) is 0 Å². The van der Waals surface area contributed by atoms with E-state index in [-0.39, 0.29) is 11.9 Å². The molecule has 2 N–H and O–H groups in total. The fourth-order valence-electron chi connectivity index (χ4n) is 1.86. The zero-order valence-corrected chi connectivity index (χ0v) is 11.9. The van der Waals surface area contributed by atoms with Gasteiger partial charge in [0.05, 0.1) is 17.9 Å². The average Bonchev–Trinajstić information content (AvgIpc) is 2.86. The third kappa shape index (κ3) is 3.38. The van der Waals surface area contributed by atoms with Crippen molar-refractivity contribution in [3.05, 3.63) is 47.7 Å². The number of carbonyl (C=O) groups is 1. The highest BCUT2D eigenvalue weighted by Crippen LogP contribution is 2.16. The maximum atomic E-state index is 12.1. The summed E-state index contributed by atoms with van der Waals surface area (Å²) in [4.78, 5) is 16.2. The molecule has 0 aliphatic heterocycles. The number of hydrogen-bond acceptors (Lipinski definition) is 4. The Bertz CT molecular complexity index is 575. The molecule has 20 heavy (non-hydrogen) atoms. The Hall–Kier alpha value is -2.30. The van der Waals surface area contributed by atoms with Gasteiger partial charge in [-0.3, -0.25) is 4.79 Å². The van der Waals surface area contributed by atoms with Crippen LogP contribution in [0.3, 0.4) is 0 Å². The summed E-state index contributed by atoms with van der Waals surface area (Å²) in [5.41, 5.74) is 1.29. The van der Waals surface area contributed by atoms with Crippen molar-refractivity contribution >= 4 is 11.6 Å². The highest BCUT2D eigenvalue weighted by atomic mass is 16.3. The lowest BCUT2D eigenvalue weighted by atomic mass is 10.2. The molecular formula is C15H19N3O2. The molecule has 0 saturated heterocycles. The van der Waals surface area contributed by atoms with Gasteiger partial charge in [0.15, 0.2) is 0 Å². The molecule has 106 valence electrons. The molecule has 5 nitrogen and oxygen atoms in total. The van der Waals surface area contributed by atoms with Crippen LogP contribution in [0.5, 0.6) is 0 Å². The number of pyridine rings is 1. The summed E-state index contributed by atoms with van der Waals surface area (Å²) in [5, 5.41) is 6.00. The Morgan fingerprint density at radius 1 is 1.35 bits per heavy atom. The van der Waals surface area contributed by atoms with Crippen molar-refractivity contribution in [2.24, 2.45) is 0 Å². The van der Waals surface area contributed by atoms with Crippen molar-refractivity contribution in [3.8, 4) is 0 Å². The molecule has 0 aliphatic rings. The molecular weight excluding hydrogens is 254 g/mol. The van der Waals surface area contributed by atoms with Gasteiger partial charge in [0.25, 0.3) is 5.91 Å². The van der Waals surface area contributed by atoms with Crippen LogP contribution >= 0.6 is 0 Å². The molecule has 1 atom stereocenters. The van der Waals surface area contributed by atoms with E-state index in [2.05, 4.69) is 15.6 Å². The first-order valence-electron chi connectivity index (χ1n) is 6.67.